The van der Waals surface area contributed by atoms with E-state index in [9.17, 15) is 0 Å². The van der Waals surface area contributed by atoms with Gasteiger partial charge in [0.25, 0.3) is 0 Å². The molecule has 5 heteroatoms. The van der Waals surface area contributed by atoms with Crippen LogP contribution in [0.5, 0.6) is 5.75 Å². The Morgan fingerprint density at radius 3 is 2.85 bits per heavy atom. The van der Waals surface area contributed by atoms with Gasteiger partial charge < -0.3 is 10.1 Å². The van der Waals surface area contributed by atoms with Gasteiger partial charge in [-0.05, 0) is 55.2 Å². The molecule has 0 bridgehead atoms. The van der Waals surface area contributed by atoms with E-state index in [4.69, 9.17) is 17.0 Å². The predicted octanol–water partition coefficient (Wildman–Crippen LogP) is 2.93. The molecule has 2 aliphatic rings. The summed E-state index contributed by atoms with van der Waals surface area (Å²) in [6.07, 6.45) is 6.70. The van der Waals surface area contributed by atoms with Crippen molar-refractivity contribution in [2.24, 2.45) is 16.9 Å². The Hall–Kier alpha value is -1.88. The summed E-state index contributed by atoms with van der Waals surface area (Å²) < 4.78 is 5.11. The lowest BCUT2D eigenvalue weighted by molar-refractivity contribution is 0.415. The second-order valence-electron chi connectivity index (χ2n) is 5.04. The van der Waals surface area contributed by atoms with E-state index < -0.39 is 0 Å². The molecule has 104 valence electrons. The van der Waals surface area contributed by atoms with E-state index in [1.807, 2.05) is 24.3 Å². The first kappa shape index (κ1) is 13.1. The van der Waals surface area contributed by atoms with Gasteiger partial charge in [0.05, 0.1) is 7.11 Å². The first-order valence-corrected chi connectivity index (χ1v) is 7.11. The van der Waals surface area contributed by atoms with Crippen LogP contribution in [0.15, 0.2) is 41.5 Å². The fourth-order valence-electron chi connectivity index (χ4n) is 2.62. The molecule has 0 heterocycles. The molecule has 3 rings (SSSR count). The number of methoxy groups -OCH3 is 1. The van der Waals surface area contributed by atoms with E-state index in [-0.39, 0.29) is 0 Å². The zero-order valence-corrected chi connectivity index (χ0v) is 12.1. The summed E-state index contributed by atoms with van der Waals surface area (Å²) in [6.45, 7) is 0. The molecule has 1 aromatic rings. The van der Waals surface area contributed by atoms with Crippen LogP contribution in [0.25, 0.3) is 0 Å². The molecular formula is C15H17N3OS. The Kier molecular flexibility index (Phi) is 3.69. The van der Waals surface area contributed by atoms with Crippen LogP contribution in [0, 0.1) is 11.8 Å². The maximum atomic E-state index is 5.23. The zero-order valence-electron chi connectivity index (χ0n) is 11.3. The fraction of sp³-hybridized carbons (Fsp3) is 0.333. The van der Waals surface area contributed by atoms with Gasteiger partial charge in [-0.2, -0.15) is 5.10 Å². The molecule has 1 aromatic carbocycles. The minimum Gasteiger partial charge on any atom is -0.497 e. The van der Waals surface area contributed by atoms with Crippen LogP contribution in [0.3, 0.4) is 0 Å². The maximum absolute atomic E-state index is 5.23. The van der Waals surface area contributed by atoms with Gasteiger partial charge in [0.15, 0.2) is 5.11 Å². The number of benzene rings is 1. The topological polar surface area (TPSA) is 45.6 Å². The first-order valence-electron chi connectivity index (χ1n) is 6.70. The first-order chi connectivity index (χ1) is 9.76. The van der Waals surface area contributed by atoms with E-state index >= 15 is 0 Å². The van der Waals surface area contributed by atoms with Gasteiger partial charge in [-0.15, -0.1) is 0 Å². The Morgan fingerprint density at radius 2 is 2.15 bits per heavy atom. The zero-order chi connectivity index (χ0) is 13.9. The number of hydrazone groups is 1. The number of fused-ring (bicyclic) bond motifs is 1. The van der Waals surface area contributed by atoms with Crippen molar-refractivity contribution < 1.29 is 4.74 Å². The third kappa shape index (κ3) is 2.67. The van der Waals surface area contributed by atoms with Crippen molar-refractivity contribution in [3.63, 3.8) is 0 Å². The quantitative estimate of drug-likeness (QED) is 0.510. The lowest BCUT2D eigenvalue weighted by Crippen LogP contribution is -2.36. The molecule has 0 aromatic heterocycles. The SMILES string of the molecule is COc1ccc(NC(=S)N/N=C2/C[C@@H]3C=CC[C@H]23)cc1. The fourth-order valence-corrected chi connectivity index (χ4v) is 2.78. The summed E-state index contributed by atoms with van der Waals surface area (Å²) >= 11 is 5.23. The van der Waals surface area contributed by atoms with Gasteiger partial charge in [-0.3, -0.25) is 5.43 Å². The number of anilines is 1. The van der Waals surface area contributed by atoms with Crippen molar-refractivity contribution in [2.75, 3.05) is 12.4 Å². The standard InChI is InChI=1S/C15H17N3OS/c1-19-12-7-5-11(6-8-12)16-15(20)18-17-14-9-10-3-2-4-13(10)14/h2-3,5-8,10,13H,4,9H2,1H3,(H2,16,18,20)/b17-14-/t10-,13-/m0/s1. The van der Waals surface area contributed by atoms with Gasteiger partial charge in [0, 0.05) is 17.3 Å². The van der Waals surface area contributed by atoms with Gasteiger partial charge in [-0.1, -0.05) is 12.2 Å². The van der Waals surface area contributed by atoms with Crippen LogP contribution in [0.2, 0.25) is 0 Å². The lowest BCUT2D eigenvalue weighted by atomic mass is 9.74. The summed E-state index contributed by atoms with van der Waals surface area (Å²) in [5.41, 5.74) is 5.06. The number of hydrogen-bond donors (Lipinski definition) is 2. The van der Waals surface area contributed by atoms with Crippen LogP contribution in [0.4, 0.5) is 5.69 Å². The van der Waals surface area contributed by atoms with E-state index in [1.165, 1.54) is 5.71 Å². The Labute approximate surface area is 123 Å². The average molecular weight is 287 g/mol. The van der Waals surface area contributed by atoms with E-state index in [0.717, 1.165) is 24.3 Å². The summed E-state index contributed by atoms with van der Waals surface area (Å²) in [4.78, 5) is 0. The van der Waals surface area contributed by atoms with Gasteiger partial charge in [-0.25, -0.2) is 0 Å². The molecule has 2 atom stereocenters. The molecule has 20 heavy (non-hydrogen) atoms. The molecule has 2 aliphatic carbocycles. The van der Waals surface area contributed by atoms with Crippen molar-refractivity contribution in [3.8, 4) is 5.75 Å². The van der Waals surface area contributed by atoms with Crippen LogP contribution in [-0.2, 0) is 0 Å². The Bertz CT molecular complexity index is 565. The normalized spacial score (nSPS) is 24.9. The lowest BCUT2D eigenvalue weighted by Gasteiger charge is -2.31. The molecule has 0 spiro atoms. The van der Waals surface area contributed by atoms with Crippen LogP contribution >= 0.6 is 12.2 Å². The molecule has 1 saturated carbocycles. The summed E-state index contributed by atoms with van der Waals surface area (Å²) in [7, 11) is 1.65. The minimum absolute atomic E-state index is 0.511. The summed E-state index contributed by atoms with van der Waals surface area (Å²) in [6, 6.07) is 7.61. The smallest absolute Gasteiger partial charge is 0.191 e. The molecule has 0 radical (unpaired) electrons. The number of allylic oxidation sites excluding steroid dienone is 2. The third-order valence-electron chi connectivity index (χ3n) is 3.81. The molecule has 0 unspecified atom stereocenters. The van der Waals surface area contributed by atoms with E-state index in [2.05, 4.69) is 28.0 Å². The molecule has 1 fully saturated rings. The highest BCUT2D eigenvalue weighted by Crippen LogP contribution is 2.40. The number of nitrogens with zero attached hydrogens (tertiary/aromatic N) is 1. The maximum Gasteiger partial charge on any atom is 0.191 e. The molecule has 0 aliphatic heterocycles. The highest BCUT2D eigenvalue weighted by Gasteiger charge is 2.37. The van der Waals surface area contributed by atoms with E-state index in [0.29, 0.717) is 16.9 Å². The number of rotatable bonds is 3. The van der Waals surface area contributed by atoms with Crippen LogP contribution in [0.1, 0.15) is 12.8 Å². The second kappa shape index (κ2) is 5.63. The molecule has 0 saturated heterocycles. The second-order valence-corrected chi connectivity index (χ2v) is 5.44. The highest BCUT2D eigenvalue weighted by molar-refractivity contribution is 7.80. The molecular weight excluding hydrogens is 270 g/mol. The summed E-state index contributed by atoms with van der Waals surface area (Å²) in [5, 5.41) is 8.01. The average Bonchev–Trinajstić information content (AvgIpc) is 2.81. The van der Waals surface area contributed by atoms with Crippen LogP contribution in [-0.4, -0.2) is 17.9 Å². The Morgan fingerprint density at radius 1 is 1.35 bits per heavy atom. The van der Waals surface area contributed by atoms with Crippen molar-refractivity contribution >= 4 is 28.7 Å². The van der Waals surface area contributed by atoms with Gasteiger partial charge in [0.2, 0.25) is 0 Å². The Balaban J connectivity index is 1.51. The minimum atomic E-state index is 0.511. The van der Waals surface area contributed by atoms with Crippen molar-refractivity contribution in [1.82, 2.24) is 5.43 Å². The van der Waals surface area contributed by atoms with Gasteiger partial charge in [0.1, 0.15) is 5.75 Å². The van der Waals surface area contributed by atoms with Crippen molar-refractivity contribution in [3.05, 3.63) is 36.4 Å². The third-order valence-corrected chi connectivity index (χ3v) is 4.01. The van der Waals surface area contributed by atoms with Crippen molar-refractivity contribution in [2.45, 2.75) is 12.8 Å². The summed E-state index contributed by atoms with van der Waals surface area (Å²) in [5.74, 6) is 2.13. The molecule has 0 amide bonds. The number of ether oxygens (including phenoxy) is 1. The molecule has 4 nitrogen and oxygen atoms in total. The van der Waals surface area contributed by atoms with Crippen molar-refractivity contribution in [1.29, 1.82) is 0 Å². The number of hydrogen-bond acceptors (Lipinski definition) is 3. The molecule has 2 N–H and O–H groups in total. The monoisotopic (exact) mass is 287 g/mol. The number of nitrogens with one attached hydrogen (secondary N) is 2. The van der Waals surface area contributed by atoms with E-state index in [1.54, 1.807) is 7.11 Å². The van der Waals surface area contributed by atoms with Crippen LogP contribution < -0.4 is 15.5 Å². The largest absolute Gasteiger partial charge is 0.497 e. The number of thiocarbonyl (C=S) groups is 1. The van der Waals surface area contributed by atoms with Gasteiger partial charge >= 0.3 is 0 Å². The highest BCUT2D eigenvalue weighted by atomic mass is 32.1. The predicted molar refractivity (Wildman–Crippen MR) is 85.1 cm³/mol.